The van der Waals surface area contributed by atoms with Crippen LogP contribution in [0.15, 0.2) is 4.99 Å². The summed E-state index contributed by atoms with van der Waals surface area (Å²) in [6.07, 6.45) is 6.72. The van der Waals surface area contributed by atoms with E-state index in [2.05, 4.69) is 11.9 Å². The second-order valence-electron chi connectivity index (χ2n) is 3.96. The molecule has 1 aliphatic carbocycles. The molecule has 0 aromatic heterocycles. The summed E-state index contributed by atoms with van der Waals surface area (Å²) < 4.78 is 5.55. The van der Waals surface area contributed by atoms with Gasteiger partial charge in [0.1, 0.15) is 6.61 Å². The Balaban J connectivity index is 1.94. The highest BCUT2D eigenvalue weighted by Gasteiger charge is 2.24. The maximum absolute atomic E-state index is 5.55. The van der Waals surface area contributed by atoms with Crippen LogP contribution < -0.4 is 0 Å². The van der Waals surface area contributed by atoms with Crippen LogP contribution in [0.25, 0.3) is 0 Å². The SMILES string of the molecule is CC1COC(C2CCCCC2)=N1. The van der Waals surface area contributed by atoms with Crippen molar-refractivity contribution in [1.29, 1.82) is 0 Å². The molecule has 2 nitrogen and oxygen atoms in total. The lowest BCUT2D eigenvalue weighted by molar-refractivity contribution is 0.285. The predicted molar refractivity (Wildman–Crippen MR) is 49.4 cm³/mol. The Morgan fingerprint density at radius 3 is 2.58 bits per heavy atom. The highest BCUT2D eigenvalue weighted by atomic mass is 16.5. The molecule has 2 rings (SSSR count). The number of ether oxygens (including phenoxy) is 1. The fourth-order valence-corrected chi connectivity index (χ4v) is 2.07. The van der Waals surface area contributed by atoms with Gasteiger partial charge in [-0.15, -0.1) is 0 Å². The van der Waals surface area contributed by atoms with E-state index in [0.29, 0.717) is 12.0 Å². The Morgan fingerprint density at radius 1 is 1.25 bits per heavy atom. The van der Waals surface area contributed by atoms with Crippen molar-refractivity contribution in [3.05, 3.63) is 0 Å². The molecule has 68 valence electrons. The molecule has 0 spiro atoms. The van der Waals surface area contributed by atoms with Crippen LogP contribution in [0.2, 0.25) is 0 Å². The molecule has 2 heteroatoms. The second-order valence-corrected chi connectivity index (χ2v) is 3.96. The molecule has 2 aliphatic rings. The molecule has 0 bridgehead atoms. The van der Waals surface area contributed by atoms with Gasteiger partial charge in [0.05, 0.1) is 6.04 Å². The molecule has 0 amide bonds. The molecule has 0 radical (unpaired) electrons. The lowest BCUT2D eigenvalue weighted by Crippen LogP contribution is -2.17. The number of aliphatic imine (C=N–C) groups is 1. The number of hydrogen-bond donors (Lipinski definition) is 0. The Labute approximate surface area is 74.0 Å². The zero-order valence-corrected chi connectivity index (χ0v) is 7.75. The third-order valence-electron chi connectivity index (χ3n) is 2.77. The van der Waals surface area contributed by atoms with E-state index in [1.165, 1.54) is 32.1 Å². The van der Waals surface area contributed by atoms with Gasteiger partial charge in [0.25, 0.3) is 0 Å². The van der Waals surface area contributed by atoms with E-state index in [1.807, 2.05) is 0 Å². The summed E-state index contributed by atoms with van der Waals surface area (Å²) in [7, 11) is 0. The maximum atomic E-state index is 5.55. The summed E-state index contributed by atoms with van der Waals surface area (Å²) in [5.74, 6) is 1.71. The summed E-state index contributed by atoms with van der Waals surface area (Å²) in [5.41, 5.74) is 0. The third kappa shape index (κ3) is 1.62. The third-order valence-corrected chi connectivity index (χ3v) is 2.77. The van der Waals surface area contributed by atoms with Gasteiger partial charge in [-0.2, -0.15) is 0 Å². The molecule has 1 saturated carbocycles. The zero-order chi connectivity index (χ0) is 8.39. The molecule has 1 atom stereocenters. The molecule has 12 heavy (non-hydrogen) atoms. The van der Waals surface area contributed by atoms with E-state index < -0.39 is 0 Å². The average molecular weight is 167 g/mol. The van der Waals surface area contributed by atoms with Crippen LogP contribution in [0.4, 0.5) is 0 Å². The Morgan fingerprint density at radius 2 is 2.00 bits per heavy atom. The molecular weight excluding hydrogens is 150 g/mol. The van der Waals surface area contributed by atoms with E-state index >= 15 is 0 Å². The van der Waals surface area contributed by atoms with Crippen molar-refractivity contribution in [2.24, 2.45) is 10.9 Å². The smallest absolute Gasteiger partial charge is 0.186 e. The summed E-state index contributed by atoms with van der Waals surface area (Å²) in [5, 5.41) is 0. The van der Waals surface area contributed by atoms with Gasteiger partial charge in [0.2, 0.25) is 0 Å². The first-order valence-corrected chi connectivity index (χ1v) is 5.07. The minimum atomic E-state index is 0.405. The minimum Gasteiger partial charge on any atom is -0.479 e. The van der Waals surface area contributed by atoms with E-state index in [0.717, 1.165) is 12.5 Å². The fraction of sp³-hybridized carbons (Fsp3) is 0.900. The van der Waals surface area contributed by atoms with Crippen LogP contribution in [0.5, 0.6) is 0 Å². The van der Waals surface area contributed by atoms with Gasteiger partial charge in [-0.25, -0.2) is 4.99 Å². The van der Waals surface area contributed by atoms with Crippen LogP contribution in [0.1, 0.15) is 39.0 Å². The minimum absolute atomic E-state index is 0.405. The molecule has 0 aromatic carbocycles. The van der Waals surface area contributed by atoms with Crippen LogP contribution in [0, 0.1) is 5.92 Å². The molecule has 0 aromatic rings. The molecule has 1 fully saturated rings. The predicted octanol–water partition coefficient (Wildman–Crippen LogP) is 2.38. The Bertz CT molecular complexity index is 182. The summed E-state index contributed by atoms with van der Waals surface area (Å²) >= 11 is 0. The molecule has 1 heterocycles. The zero-order valence-electron chi connectivity index (χ0n) is 7.75. The monoisotopic (exact) mass is 167 g/mol. The van der Waals surface area contributed by atoms with Crippen molar-refractivity contribution in [2.45, 2.75) is 45.1 Å². The van der Waals surface area contributed by atoms with Crippen molar-refractivity contribution in [1.82, 2.24) is 0 Å². The quantitative estimate of drug-likeness (QED) is 0.587. The lowest BCUT2D eigenvalue weighted by Gasteiger charge is -2.20. The molecule has 0 N–H and O–H groups in total. The summed E-state index contributed by atoms with van der Waals surface area (Å²) in [4.78, 5) is 4.51. The standard InChI is InChI=1S/C10H17NO/c1-8-7-12-10(11-8)9-5-3-2-4-6-9/h8-9H,2-7H2,1H3. The molecule has 0 saturated heterocycles. The van der Waals surface area contributed by atoms with Crippen LogP contribution >= 0.6 is 0 Å². The van der Waals surface area contributed by atoms with Crippen molar-refractivity contribution in [3.63, 3.8) is 0 Å². The highest BCUT2D eigenvalue weighted by Crippen LogP contribution is 2.27. The highest BCUT2D eigenvalue weighted by molar-refractivity contribution is 5.80. The Hall–Kier alpha value is -0.530. The van der Waals surface area contributed by atoms with Gasteiger partial charge in [-0.05, 0) is 19.8 Å². The average Bonchev–Trinajstić information content (AvgIpc) is 2.54. The van der Waals surface area contributed by atoms with Crippen LogP contribution in [-0.4, -0.2) is 18.5 Å². The first-order valence-electron chi connectivity index (χ1n) is 5.07. The first kappa shape index (κ1) is 8.09. The van der Waals surface area contributed by atoms with Crippen molar-refractivity contribution < 1.29 is 4.74 Å². The maximum Gasteiger partial charge on any atom is 0.186 e. The molecule has 1 aliphatic heterocycles. The largest absolute Gasteiger partial charge is 0.479 e. The van der Waals surface area contributed by atoms with E-state index in [4.69, 9.17) is 4.74 Å². The first-order chi connectivity index (χ1) is 5.86. The molecular formula is C10H17NO. The molecule has 1 unspecified atom stereocenters. The summed E-state index contributed by atoms with van der Waals surface area (Å²) in [6, 6.07) is 0.405. The van der Waals surface area contributed by atoms with E-state index in [1.54, 1.807) is 0 Å². The summed E-state index contributed by atoms with van der Waals surface area (Å²) in [6.45, 7) is 2.93. The number of rotatable bonds is 1. The van der Waals surface area contributed by atoms with Crippen LogP contribution in [-0.2, 0) is 4.74 Å². The van der Waals surface area contributed by atoms with Gasteiger partial charge in [-0.3, -0.25) is 0 Å². The lowest BCUT2D eigenvalue weighted by atomic mass is 9.89. The van der Waals surface area contributed by atoms with E-state index in [9.17, 15) is 0 Å². The van der Waals surface area contributed by atoms with Crippen molar-refractivity contribution >= 4 is 5.90 Å². The normalized spacial score (nSPS) is 31.4. The van der Waals surface area contributed by atoms with Gasteiger partial charge < -0.3 is 4.74 Å². The van der Waals surface area contributed by atoms with Crippen molar-refractivity contribution in [2.75, 3.05) is 6.61 Å². The van der Waals surface area contributed by atoms with Gasteiger partial charge in [-0.1, -0.05) is 19.3 Å². The fourth-order valence-electron chi connectivity index (χ4n) is 2.07. The van der Waals surface area contributed by atoms with E-state index in [-0.39, 0.29) is 0 Å². The van der Waals surface area contributed by atoms with Crippen LogP contribution in [0.3, 0.4) is 0 Å². The second kappa shape index (κ2) is 3.46. The number of nitrogens with zero attached hydrogens (tertiary/aromatic N) is 1. The van der Waals surface area contributed by atoms with Gasteiger partial charge in [0, 0.05) is 5.92 Å². The van der Waals surface area contributed by atoms with Crippen molar-refractivity contribution in [3.8, 4) is 0 Å². The number of hydrogen-bond acceptors (Lipinski definition) is 2. The Kier molecular flexibility index (Phi) is 2.33. The topological polar surface area (TPSA) is 21.6 Å². The van der Waals surface area contributed by atoms with Gasteiger partial charge >= 0.3 is 0 Å². The van der Waals surface area contributed by atoms with Gasteiger partial charge in [0.15, 0.2) is 5.90 Å².